The molecule has 0 spiro atoms. The molecule has 4 heteroatoms. The Morgan fingerprint density at radius 2 is 2.12 bits per heavy atom. The van der Waals surface area contributed by atoms with E-state index in [0.717, 1.165) is 51.8 Å². The van der Waals surface area contributed by atoms with Gasteiger partial charge >= 0.3 is 0 Å². The van der Waals surface area contributed by atoms with E-state index in [9.17, 15) is 4.79 Å². The first-order chi connectivity index (χ1) is 11.7. The van der Waals surface area contributed by atoms with E-state index in [4.69, 9.17) is 4.98 Å². The molecule has 124 valence electrons. The van der Waals surface area contributed by atoms with Crippen molar-refractivity contribution in [2.45, 2.75) is 45.6 Å². The maximum atomic E-state index is 13.0. The molecule has 1 aliphatic heterocycles. The maximum Gasteiger partial charge on any atom is 0.264 e. The molecule has 0 N–H and O–H groups in total. The van der Waals surface area contributed by atoms with Crippen molar-refractivity contribution >= 4 is 38.4 Å². The van der Waals surface area contributed by atoms with Crippen molar-refractivity contribution in [1.82, 2.24) is 9.88 Å². The molecular formula is C20H22N2OS. The van der Waals surface area contributed by atoms with Crippen LogP contribution in [0.15, 0.2) is 30.3 Å². The van der Waals surface area contributed by atoms with E-state index in [0.29, 0.717) is 6.04 Å². The number of thiophene rings is 1. The number of aromatic nitrogens is 1. The van der Waals surface area contributed by atoms with Crippen molar-refractivity contribution in [3.63, 3.8) is 0 Å². The number of carbonyl (C=O) groups excluding carboxylic acids is 1. The van der Waals surface area contributed by atoms with Crippen LogP contribution in [0.1, 0.15) is 47.8 Å². The fourth-order valence-electron chi connectivity index (χ4n) is 3.68. The Labute approximate surface area is 146 Å². The standard InChI is InChI=1S/C20H22N2OS/c1-3-16-6-4-5-9-22(16)20(23)18-12-15-11-14-8-7-13(2)10-17(14)21-19(15)24-18/h7-8,10-12,16H,3-6,9H2,1-2H3/t16-/m1/s1. The molecular weight excluding hydrogens is 316 g/mol. The highest BCUT2D eigenvalue weighted by atomic mass is 32.1. The Balaban J connectivity index is 1.73. The summed E-state index contributed by atoms with van der Waals surface area (Å²) < 4.78 is 0. The second kappa shape index (κ2) is 6.17. The summed E-state index contributed by atoms with van der Waals surface area (Å²) in [4.78, 5) is 21.6. The molecule has 3 heterocycles. The second-order valence-electron chi connectivity index (χ2n) is 6.75. The molecule has 0 bridgehead atoms. The van der Waals surface area contributed by atoms with Crippen molar-refractivity contribution in [3.8, 4) is 0 Å². The lowest BCUT2D eigenvalue weighted by atomic mass is 10.00. The van der Waals surface area contributed by atoms with Crippen LogP contribution >= 0.6 is 11.3 Å². The number of rotatable bonds is 2. The average molecular weight is 338 g/mol. The number of fused-ring (bicyclic) bond motifs is 2. The summed E-state index contributed by atoms with van der Waals surface area (Å²) >= 11 is 1.53. The highest BCUT2D eigenvalue weighted by Gasteiger charge is 2.27. The van der Waals surface area contributed by atoms with Gasteiger partial charge in [-0.25, -0.2) is 4.98 Å². The molecule has 1 aliphatic rings. The zero-order chi connectivity index (χ0) is 16.7. The summed E-state index contributed by atoms with van der Waals surface area (Å²) in [5, 5.41) is 2.21. The first-order valence-electron chi connectivity index (χ1n) is 8.77. The SMILES string of the molecule is CC[C@@H]1CCCCN1C(=O)c1cc2cc3ccc(C)cc3nc2s1. The van der Waals surface area contributed by atoms with Crippen LogP contribution in [0.4, 0.5) is 0 Å². The van der Waals surface area contributed by atoms with Crippen LogP contribution in [-0.2, 0) is 0 Å². The van der Waals surface area contributed by atoms with E-state index >= 15 is 0 Å². The minimum absolute atomic E-state index is 0.185. The van der Waals surface area contributed by atoms with Crippen molar-refractivity contribution in [1.29, 1.82) is 0 Å². The fourth-order valence-corrected chi connectivity index (χ4v) is 4.65. The van der Waals surface area contributed by atoms with Crippen molar-refractivity contribution in [3.05, 3.63) is 40.8 Å². The number of pyridine rings is 1. The number of nitrogens with zero attached hydrogens (tertiary/aromatic N) is 2. The van der Waals surface area contributed by atoms with Crippen LogP contribution in [0.3, 0.4) is 0 Å². The fraction of sp³-hybridized carbons (Fsp3) is 0.400. The Morgan fingerprint density at radius 3 is 2.96 bits per heavy atom. The van der Waals surface area contributed by atoms with E-state index in [1.807, 2.05) is 6.07 Å². The van der Waals surface area contributed by atoms with Crippen molar-refractivity contribution in [2.75, 3.05) is 6.54 Å². The quantitative estimate of drug-likeness (QED) is 0.646. The zero-order valence-electron chi connectivity index (χ0n) is 14.2. The summed E-state index contributed by atoms with van der Waals surface area (Å²) in [6.45, 7) is 5.15. The van der Waals surface area contributed by atoms with Crippen LogP contribution in [0, 0.1) is 6.92 Å². The summed E-state index contributed by atoms with van der Waals surface area (Å²) in [7, 11) is 0. The van der Waals surface area contributed by atoms with E-state index in [-0.39, 0.29) is 5.91 Å². The minimum atomic E-state index is 0.185. The monoisotopic (exact) mass is 338 g/mol. The van der Waals surface area contributed by atoms with E-state index in [1.165, 1.54) is 23.3 Å². The number of hydrogen-bond donors (Lipinski definition) is 0. The van der Waals surface area contributed by atoms with Crippen LogP contribution < -0.4 is 0 Å². The molecule has 2 aromatic heterocycles. The van der Waals surface area contributed by atoms with Crippen LogP contribution in [0.2, 0.25) is 0 Å². The lowest BCUT2D eigenvalue weighted by Crippen LogP contribution is -2.43. The number of carbonyl (C=O) groups is 1. The van der Waals surface area contributed by atoms with Gasteiger partial charge in [-0.1, -0.05) is 19.1 Å². The molecule has 0 aliphatic carbocycles. The number of piperidine rings is 1. The molecule has 1 fully saturated rings. The highest BCUT2D eigenvalue weighted by molar-refractivity contribution is 7.20. The molecule has 0 radical (unpaired) electrons. The van der Waals surface area contributed by atoms with Gasteiger partial charge in [0.15, 0.2) is 0 Å². The average Bonchev–Trinajstić information content (AvgIpc) is 3.01. The van der Waals surface area contributed by atoms with Gasteiger partial charge in [0, 0.05) is 23.4 Å². The smallest absolute Gasteiger partial charge is 0.264 e. The molecule has 3 aromatic rings. The van der Waals surface area contributed by atoms with Gasteiger partial charge in [-0.2, -0.15) is 0 Å². The van der Waals surface area contributed by atoms with Gasteiger partial charge < -0.3 is 4.90 Å². The largest absolute Gasteiger partial charge is 0.335 e. The maximum absolute atomic E-state index is 13.0. The summed E-state index contributed by atoms with van der Waals surface area (Å²) in [6, 6.07) is 10.9. The molecule has 1 amide bonds. The van der Waals surface area contributed by atoms with Crippen LogP contribution in [-0.4, -0.2) is 28.4 Å². The lowest BCUT2D eigenvalue weighted by molar-refractivity contribution is 0.0613. The van der Waals surface area contributed by atoms with E-state index < -0.39 is 0 Å². The Hall–Kier alpha value is -1.94. The normalized spacial score (nSPS) is 18.4. The van der Waals surface area contributed by atoms with Gasteiger partial charge in [0.25, 0.3) is 5.91 Å². The summed E-state index contributed by atoms with van der Waals surface area (Å²) in [5.41, 5.74) is 2.22. The molecule has 24 heavy (non-hydrogen) atoms. The first-order valence-corrected chi connectivity index (χ1v) is 9.59. The topological polar surface area (TPSA) is 33.2 Å². The molecule has 0 saturated carbocycles. The van der Waals surface area contributed by atoms with Gasteiger partial charge in [-0.3, -0.25) is 4.79 Å². The lowest BCUT2D eigenvalue weighted by Gasteiger charge is -2.34. The number of likely N-dealkylation sites (tertiary alicyclic amines) is 1. The molecule has 1 atom stereocenters. The zero-order valence-corrected chi connectivity index (χ0v) is 15.0. The van der Waals surface area contributed by atoms with Gasteiger partial charge in [0.1, 0.15) is 4.83 Å². The summed E-state index contributed by atoms with van der Waals surface area (Å²) in [6.07, 6.45) is 4.53. The van der Waals surface area contributed by atoms with Crippen molar-refractivity contribution < 1.29 is 4.79 Å². The van der Waals surface area contributed by atoms with Gasteiger partial charge in [-0.15, -0.1) is 11.3 Å². The highest BCUT2D eigenvalue weighted by Crippen LogP contribution is 2.30. The minimum Gasteiger partial charge on any atom is -0.335 e. The second-order valence-corrected chi connectivity index (χ2v) is 7.78. The van der Waals surface area contributed by atoms with Crippen LogP contribution in [0.5, 0.6) is 0 Å². The number of benzene rings is 1. The van der Waals surface area contributed by atoms with Crippen LogP contribution in [0.25, 0.3) is 21.1 Å². The van der Waals surface area contributed by atoms with Gasteiger partial charge in [0.05, 0.1) is 10.4 Å². The van der Waals surface area contributed by atoms with E-state index in [1.54, 1.807) is 0 Å². The Kier molecular flexibility index (Phi) is 4.01. The third-order valence-electron chi connectivity index (χ3n) is 5.03. The Bertz CT molecular complexity index is 915. The predicted octanol–water partition coefficient (Wildman–Crippen LogP) is 5.16. The predicted molar refractivity (Wildman–Crippen MR) is 101 cm³/mol. The van der Waals surface area contributed by atoms with Gasteiger partial charge in [0.2, 0.25) is 0 Å². The molecule has 1 aromatic carbocycles. The van der Waals surface area contributed by atoms with Gasteiger partial charge in [-0.05, 0) is 56.4 Å². The first kappa shape index (κ1) is 15.6. The Morgan fingerprint density at radius 1 is 1.25 bits per heavy atom. The number of aryl methyl sites for hydroxylation is 1. The van der Waals surface area contributed by atoms with Crippen molar-refractivity contribution in [2.24, 2.45) is 0 Å². The third kappa shape index (κ3) is 2.69. The third-order valence-corrected chi connectivity index (χ3v) is 6.06. The van der Waals surface area contributed by atoms with E-state index in [2.05, 4.69) is 43.0 Å². The number of hydrogen-bond acceptors (Lipinski definition) is 3. The molecule has 3 nitrogen and oxygen atoms in total. The molecule has 0 unspecified atom stereocenters. The molecule has 4 rings (SSSR count). The molecule has 1 saturated heterocycles. The number of amides is 1. The summed E-state index contributed by atoms with van der Waals surface area (Å²) in [5.74, 6) is 0.185.